The van der Waals surface area contributed by atoms with Crippen LogP contribution in [0.3, 0.4) is 0 Å². The number of rotatable bonds is 6. The van der Waals surface area contributed by atoms with Crippen molar-refractivity contribution in [3.05, 3.63) is 48.0 Å². The molecule has 0 N–H and O–H groups in total. The molecule has 3 aromatic rings. The first-order valence-electron chi connectivity index (χ1n) is 8.05. The van der Waals surface area contributed by atoms with E-state index in [2.05, 4.69) is 4.98 Å². The fourth-order valence-electron chi connectivity index (χ4n) is 2.51. The zero-order valence-electron chi connectivity index (χ0n) is 14.5. The fourth-order valence-corrected chi connectivity index (χ4v) is 3.55. The largest absolute Gasteiger partial charge is 0.493 e. The molecule has 0 unspecified atom stereocenters. The molecule has 3 rings (SSSR count). The van der Waals surface area contributed by atoms with Gasteiger partial charge in [0.2, 0.25) is 0 Å². The van der Waals surface area contributed by atoms with Crippen LogP contribution in [0.5, 0.6) is 11.5 Å². The summed E-state index contributed by atoms with van der Waals surface area (Å²) in [4.78, 5) is 18.8. The number of amides is 1. The van der Waals surface area contributed by atoms with E-state index in [0.29, 0.717) is 23.2 Å². The van der Waals surface area contributed by atoms with Crippen LogP contribution in [0.4, 0.5) is 5.13 Å². The van der Waals surface area contributed by atoms with Gasteiger partial charge in [-0.25, -0.2) is 4.98 Å². The van der Waals surface area contributed by atoms with Crippen molar-refractivity contribution < 1.29 is 14.3 Å². The number of nitrogens with zero attached hydrogens (tertiary/aromatic N) is 2. The number of aryl methyl sites for hydroxylation is 1. The second kappa shape index (κ2) is 7.53. The number of ether oxygens (including phenoxy) is 2. The predicted molar refractivity (Wildman–Crippen MR) is 101 cm³/mol. The third-order valence-electron chi connectivity index (χ3n) is 3.80. The summed E-state index contributed by atoms with van der Waals surface area (Å²) in [5.74, 6) is 1.04. The number of para-hydroxylation sites is 1. The Morgan fingerprint density at radius 1 is 1.20 bits per heavy atom. The molecule has 25 heavy (non-hydrogen) atoms. The van der Waals surface area contributed by atoms with Crippen molar-refractivity contribution in [2.24, 2.45) is 0 Å². The number of hydrogen-bond donors (Lipinski definition) is 0. The van der Waals surface area contributed by atoms with Crippen LogP contribution in [-0.2, 0) is 4.79 Å². The highest BCUT2D eigenvalue weighted by atomic mass is 32.1. The van der Waals surface area contributed by atoms with Crippen molar-refractivity contribution in [3.63, 3.8) is 0 Å². The number of aromatic nitrogens is 1. The summed E-state index contributed by atoms with van der Waals surface area (Å²) in [6, 6.07) is 13.5. The molecule has 0 saturated carbocycles. The predicted octanol–water partition coefficient (Wildman–Crippen LogP) is 4.05. The Hall–Kier alpha value is -2.60. The quantitative estimate of drug-likeness (QED) is 0.669. The monoisotopic (exact) mass is 356 g/mol. The molecule has 0 fully saturated rings. The minimum atomic E-state index is -0.135. The summed E-state index contributed by atoms with van der Waals surface area (Å²) in [5, 5.41) is 0.688. The number of carbonyl (C=O) groups excluding carboxylic acids is 1. The summed E-state index contributed by atoms with van der Waals surface area (Å²) in [5.41, 5.74) is 1.97. The molecule has 6 heteroatoms. The lowest BCUT2D eigenvalue weighted by atomic mass is 10.2. The molecule has 0 radical (unpaired) electrons. The molecule has 0 atom stereocenters. The summed E-state index contributed by atoms with van der Waals surface area (Å²) in [6.45, 7) is 4.37. The van der Waals surface area contributed by atoms with Gasteiger partial charge in [0, 0.05) is 6.54 Å². The van der Waals surface area contributed by atoms with E-state index in [9.17, 15) is 4.79 Å². The maximum atomic E-state index is 12.6. The van der Waals surface area contributed by atoms with Gasteiger partial charge < -0.3 is 9.47 Å². The molecule has 0 saturated heterocycles. The summed E-state index contributed by atoms with van der Waals surface area (Å²) < 4.78 is 12.1. The van der Waals surface area contributed by atoms with Gasteiger partial charge in [-0.15, -0.1) is 0 Å². The molecule has 130 valence electrons. The number of anilines is 1. The number of likely N-dealkylation sites (N-methyl/N-ethyl adjacent to an activating group) is 1. The average Bonchev–Trinajstić information content (AvgIpc) is 3.04. The van der Waals surface area contributed by atoms with E-state index in [0.717, 1.165) is 15.8 Å². The van der Waals surface area contributed by atoms with Crippen LogP contribution in [0.1, 0.15) is 12.5 Å². The highest BCUT2D eigenvalue weighted by Gasteiger charge is 2.19. The number of carbonyl (C=O) groups is 1. The van der Waals surface area contributed by atoms with E-state index in [-0.39, 0.29) is 12.5 Å². The van der Waals surface area contributed by atoms with Crippen LogP contribution in [0.15, 0.2) is 42.5 Å². The number of benzene rings is 2. The third-order valence-corrected chi connectivity index (χ3v) is 4.86. The average molecular weight is 356 g/mol. The topological polar surface area (TPSA) is 51.7 Å². The first kappa shape index (κ1) is 17.2. The van der Waals surface area contributed by atoms with Crippen molar-refractivity contribution in [3.8, 4) is 11.5 Å². The van der Waals surface area contributed by atoms with Crippen LogP contribution in [0, 0.1) is 6.92 Å². The van der Waals surface area contributed by atoms with Gasteiger partial charge in [-0.05, 0) is 43.7 Å². The lowest BCUT2D eigenvalue weighted by Gasteiger charge is -2.18. The van der Waals surface area contributed by atoms with E-state index in [4.69, 9.17) is 9.47 Å². The molecule has 1 amide bonds. The van der Waals surface area contributed by atoms with Gasteiger partial charge in [0.1, 0.15) is 0 Å². The van der Waals surface area contributed by atoms with Crippen LogP contribution in [0.25, 0.3) is 10.2 Å². The first-order valence-corrected chi connectivity index (χ1v) is 8.87. The fraction of sp³-hybridized carbons (Fsp3) is 0.263. The van der Waals surface area contributed by atoms with Crippen LogP contribution in [-0.4, -0.2) is 31.2 Å². The van der Waals surface area contributed by atoms with Crippen molar-refractivity contribution >= 4 is 32.6 Å². The number of hydrogen-bond acceptors (Lipinski definition) is 5. The SMILES string of the molecule is CCN(C(=O)COc1ccc(C)cc1OC)c1nc2ccccc2s1. The molecule has 2 aromatic carbocycles. The minimum absolute atomic E-state index is 0.0663. The van der Waals surface area contributed by atoms with Crippen LogP contribution < -0.4 is 14.4 Å². The Morgan fingerprint density at radius 2 is 2.00 bits per heavy atom. The molecule has 0 aliphatic heterocycles. The molecule has 1 aromatic heterocycles. The zero-order valence-corrected chi connectivity index (χ0v) is 15.3. The standard InChI is InChI=1S/C19H20N2O3S/c1-4-21(19-20-14-7-5-6-8-17(14)25-19)18(22)12-24-15-10-9-13(2)11-16(15)23-3/h5-11H,4,12H2,1-3H3. The van der Waals surface area contributed by atoms with E-state index < -0.39 is 0 Å². The summed E-state index contributed by atoms with van der Waals surface area (Å²) >= 11 is 1.50. The minimum Gasteiger partial charge on any atom is -0.493 e. The number of methoxy groups -OCH3 is 1. The molecular formula is C19H20N2O3S. The number of thiazole rings is 1. The second-order valence-corrected chi connectivity index (χ2v) is 6.55. The van der Waals surface area contributed by atoms with Crippen molar-refractivity contribution in [1.29, 1.82) is 0 Å². The van der Waals surface area contributed by atoms with Gasteiger partial charge in [-0.3, -0.25) is 9.69 Å². The molecule has 0 bridgehead atoms. The summed E-state index contributed by atoms with van der Waals surface area (Å²) in [7, 11) is 1.59. The van der Waals surface area contributed by atoms with Crippen LogP contribution in [0.2, 0.25) is 0 Å². The molecule has 0 aliphatic rings. The molecule has 5 nitrogen and oxygen atoms in total. The lowest BCUT2D eigenvalue weighted by Crippen LogP contribution is -2.34. The van der Waals surface area contributed by atoms with E-state index in [1.54, 1.807) is 12.0 Å². The molecule has 0 aliphatic carbocycles. The Labute approximate surface area is 150 Å². The molecule has 1 heterocycles. The maximum absolute atomic E-state index is 12.6. The van der Waals surface area contributed by atoms with Crippen molar-refractivity contribution in [2.45, 2.75) is 13.8 Å². The Balaban J connectivity index is 1.74. The maximum Gasteiger partial charge on any atom is 0.266 e. The van der Waals surface area contributed by atoms with Crippen molar-refractivity contribution in [2.75, 3.05) is 25.2 Å². The Morgan fingerprint density at radius 3 is 2.72 bits per heavy atom. The first-order chi connectivity index (χ1) is 12.1. The lowest BCUT2D eigenvalue weighted by molar-refractivity contribution is -0.120. The summed E-state index contributed by atoms with van der Waals surface area (Å²) in [6.07, 6.45) is 0. The van der Waals surface area contributed by atoms with E-state index in [1.165, 1.54) is 11.3 Å². The third kappa shape index (κ3) is 3.74. The highest BCUT2D eigenvalue weighted by molar-refractivity contribution is 7.22. The van der Waals surface area contributed by atoms with Gasteiger partial charge in [0.25, 0.3) is 5.91 Å². The van der Waals surface area contributed by atoms with Crippen LogP contribution >= 0.6 is 11.3 Å². The number of fused-ring (bicyclic) bond motifs is 1. The Kier molecular flexibility index (Phi) is 5.19. The van der Waals surface area contributed by atoms with Gasteiger partial charge >= 0.3 is 0 Å². The van der Waals surface area contributed by atoms with E-state index in [1.807, 2.05) is 56.3 Å². The highest BCUT2D eigenvalue weighted by Crippen LogP contribution is 2.30. The second-order valence-electron chi connectivity index (χ2n) is 5.55. The normalized spacial score (nSPS) is 10.7. The van der Waals surface area contributed by atoms with Gasteiger partial charge in [0.15, 0.2) is 23.2 Å². The smallest absolute Gasteiger partial charge is 0.266 e. The Bertz CT molecular complexity index is 858. The van der Waals surface area contributed by atoms with E-state index >= 15 is 0 Å². The van der Waals surface area contributed by atoms with Crippen molar-refractivity contribution in [1.82, 2.24) is 4.98 Å². The molecular weight excluding hydrogens is 336 g/mol. The van der Waals surface area contributed by atoms with Gasteiger partial charge in [0.05, 0.1) is 17.3 Å². The molecule has 0 spiro atoms. The zero-order chi connectivity index (χ0) is 17.8. The van der Waals surface area contributed by atoms with Gasteiger partial charge in [-0.2, -0.15) is 0 Å². The van der Waals surface area contributed by atoms with Gasteiger partial charge in [-0.1, -0.05) is 29.5 Å².